The Morgan fingerprint density at radius 1 is 1.30 bits per heavy atom. The molecule has 2 rings (SSSR count). The topological polar surface area (TPSA) is 119 Å². The van der Waals surface area contributed by atoms with Crippen LogP contribution in [0.4, 0.5) is 10.8 Å². The number of aromatic nitrogens is 2. The summed E-state index contributed by atoms with van der Waals surface area (Å²) in [5, 5.41) is 10.9. The first kappa shape index (κ1) is 24.7. The number of halogens is 2. The van der Waals surface area contributed by atoms with Crippen LogP contribution < -0.4 is 9.62 Å². The van der Waals surface area contributed by atoms with E-state index in [1.807, 2.05) is 0 Å². The molecular formula is C16H18Cl2N4O5S3. The van der Waals surface area contributed by atoms with E-state index < -0.39 is 27.9 Å². The van der Waals surface area contributed by atoms with Gasteiger partial charge in [0, 0.05) is 0 Å². The molecule has 0 unspecified atom stereocenters. The standard InChI is InChI=1S/C16H18Cl2N4O5S3/c1-4-12(22(30(3,25)26)9-5-6-10(17)11(18)7-9)14(24)19-15-20-21-16(29-15)28-8-13(23)27-2/h5-7,12H,4,8H2,1-3H3,(H,19,20,24)/t12-/m1/s1. The second-order valence-electron chi connectivity index (χ2n) is 5.81. The second-order valence-corrected chi connectivity index (χ2v) is 10.7. The Morgan fingerprint density at radius 3 is 2.57 bits per heavy atom. The SMILES string of the molecule is CC[C@H](C(=O)Nc1nnc(SCC(=O)OC)s1)N(c1ccc(Cl)c(Cl)c1)S(C)(=O)=O. The Kier molecular flexibility index (Phi) is 8.73. The summed E-state index contributed by atoms with van der Waals surface area (Å²) in [4.78, 5) is 24.1. The van der Waals surface area contributed by atoms with Crippen molar-refractivity contribution in [2.45, 2.75) is 23.7 Å². The molecule has 1 amide bonds. The van der Waals surface area contributed by atoms with Gasteiger partial charge in [-0.15, -0.1) is 10.2 Å². The fraction of sp³-hybridized carbons (Fsp3) is 0.375. The van der Waals surface area contributed by atoms with Gasteiger partial charge in [-0.2, -0.15) is 0 Å². The third-order valence-corrected chi connectivity index (χ3v) is 7.53. The van der Waals surface area contributed by atoms with Crippen molar-refractivity contribution in [3.8, 4) is 0 Å². The molecule has 0 saturated carbocycles. The van der Waals surface area contributed by atoms with Gasteiger partial charge in [-0.05, 0) is 24.6 Å². The normalized spacial score (nSPS) is 12.3. The van der Waals surface area contributed by atoms with Crippen molar-refractivity contribution in [1.82, 2.24) is 10.2 Å². The number of ether oxygens (including phenoxy) is 1. The van der Waals surface area contributed by atoms with Crippen molar-refractivity contribution in [1.29, 1.82) is 0 Å². The Morgan fingerprint density at radius 2 is 2.00 bits per heavy atom. The number of anilines is 2. The average Bonchev–Trinajstić information content (AvgIpc) is 3.12. The van der Waals surface area contributed by atoms with Crippen LogP contribution in [0.1, 0.15) is 13.3 Å². The van der Waals surface area contributed by atoms with E-state index in [-0.39, 0.29) is 33.0 Å². The molecule has 0 aliphatic heterocycles. The first-order valence-corrected chi connectivity index (χ1v) is 12.8. The predicted octanol–water partition coefficient (Wildman–Crippen LogP) is 3.29. The van der Waals surface area contributed by atoms with E-state index in [1.54, 1.807) is 6.92 Å². The number of nitrogens with zero attached hydrogens (tertiary/aromatic N) is 3. The molecular weight excluding hydrogens is 495 g/mol. The van der Waals surface area contributed by atoms with E-state index in [4.69, 9.17) is 23.2 Å². The number of esters is 1. The van der Waals surface area contributed by atoms with Crippen molar-refractivity contribution in [2.24, 2.45) is 0 Å². The highest BCUT2D eigenvalue weighted by Crippen LogP contribution is 2.31. The van der Waals surface area contributed by atoms with Gasteiger partial charge in [-0.1, -0.05) is 53.2 Å². The lowest BCUT2D eigenvalue weighted by Crippen LogP contribution is -2.47. The van der Waals surface area contributed by atoms with E-state index in [1.165, 1.54) is 25.3 Å². The van der Waals surface area contributed by atoms with Crippen LogP contribution in [-0.4, -0.2) is 55.7 Å². The molecule has 1 heterocycles. The Hall–Kier alpha value is -1.60. The van der Waals surface area contributed by atoms with Crippen LogP contribution >= 0.6 is 46.3 Å². The van der Waals surface area contributed by atoms with E-state index in [2.05, 4.69) is 20.3 Å². The van der Waals surface area contributed by atoms with Gasteiger partial charge in [0.15, 0.2) is 4.34 Å². The molecule has 1 N–H and O–H groups in total. The molecule has 164 valence electrons. The number of sulfonamides is 1. The molecule has 30 heavy (non-hydrogen) atoms. The first-order chi connectivity index (χ1) is 14.1. The molecule has 0 spiro atoms. The summed E-state index contributed by atoms with van der Waals surface area (Å²) in [6.07, 6.45) is 1.18. The zero-order valence-corrected chi connectivity index (χ0v) is 20.0. The quantitative estimate of drug-likeness (QED) is 0.308. The summed E-state index contributed by atoms with van der Waals surface area (Å²) in [7, 11) is -2.55. The summed E-state index contributed by atoms with van der Waals surface area (Å²) >= 11 is 14.1. The highest BCUT2D eigenvalue weighted by molar-refractivity contribution is 8.01. The van der Waals surface area contributed by atoms with Gasteiger partial charge in [0.25, 0.3) is 0 Å². The van der Waals surface area contributed by atoms with Crippen LogP contribution in [-0.2, 0) is 24.3 Å². The third-order valence-electron chi connectivity index (χ3n) is 3.67. The largest absolute Gasteiger partial charge is 0.468 e. The lowest BCUT2D eigenvalue weighted by Gasteiger charge is -2.30. The molecule has 1 aromatic heterocycles. The number of hydrogen-bond acceptors (Lipinski definition) is 9. The maximum Gasteiger partial charge on any atom is 0.316 e. The predicted molar refractivity (Wildman–Crippen MR) is 119 cm³/mol. The zero-order valence-electron chi connectivity index (χ0n) is 16.1. The fourth-order valence-corrected chi connectivity index (χ4v) is 5.45. The molecule has 2 aromatic rings. The van der Waals surface area contributed by atoms with Gasteiger partial charge in [0.1, 0.15) is 6.04 Å². The minimum atomic E-state index is -3.83. The lowest BCUT2D eigenvalue weighted by molar-refractivity contribution is -0.137. The van der Waals surface area contributed by atoms with Gasteiger partial charge in [0.05, 0.1) is 34.9 Å². The fourth-order valence-electron chi connectivity index (χ4n) is 2.37. The number of hydrogen-bond donors (Lipinski definition) is 1. The van der Waals surface area contributed by atoms with E-state index in [9.17, 15) is 18.0 Å². The molecule has 0 saturated heterocycles. The maximum absolute atomic E-state index is 12.9. The van der Waals surface area contributed by atoms with Crippen molar-refractivity contribution in [3.05, 3.63) is 28.2 Å². The van der Waals surface area contributed by atoms with Gasteiger partial charge in [-0.3, -0.25) is 19.2 Å². The Balaban J connectivity index is 2.23. The lowest BCUT2D eigenvalue weighted by atomic mass is 10.2. The molecule has 1 aromatic carbocycles. The summed E-state index contributed by atoms with van der Waals surface area (Å²) in [6, 6.07) is 3.25. The molecule has 9 nitrogen and oxygen atoms in total. The van der Waals surface area contributed by atoms with Crippen LogP contribution in [0.15, 0.2) is 22.5 Å². The number of carbonyl (C=O) groups excluding carboxylic acids is 2. The third kappa shape index (κ3) is 6.45. The monoisotopic (exact) mass is 512 g/mol. The van der Waals surface area contributed by atoms with Crippen LogP contribution in [0.5, 0.6) is 0 Å². The number of thioether (sulfide) groups is 1. The van der Waals surface area contributed by atoms with Gasteiger partial charge in [-0.25, -0.2) is 8.42 Å². The van der Waals surface area contributed by atoms with Gasteiger partial charge >= 0.3 is 5.97 Å². The van der Waals surface area contributed by atoms with E-state index >= 15 is 0 Å². The van der Waals surface area contributed by atoms with Crippen LogP contribution in [0.25, 0.3) is 0 Å². The summed E-state index contributed by atoms with van der Waals surface area (Å²) < 4.78 is 30.9. The molecule has 14 heteroatoms. The Labute approximate surface area is 192 Å². The van der Waals surface area contributed by atoms with E-state index in [0.29, 0.717) is 4.34 Å². The summed E-state index contributed by atoms with van der Waals surface area (Å²) in [5.41, 5.74) is 0.209. The minimum Gasteiger partial charge on any atom is -0.468 e. The summed E-state index contributed by atoms with van der Waals surface area (Å²) in [5.74, 6) is -0.956. The Bertz CT molecular complexity index is 1030. The van der Waals surface area contributed by atoms with Gasteiger partial charge < -0.3 is 4.74 Å². The molecule has 0 bridgehead atoms. The van der Waals surface area contributed by atoms with Crippen molar-refractivity contribution < 1.29 is 22.7 Å². The van der Waals surface area contributed by atoms with Crippen molar-refractivity contribution in [2.75, 3.05) is 28.7 Å². The number of benzene rings is 1. The molecule has 0 aliphatic rings. The number of nitrogens with one attached hydrogen (secondary N) is 1. The number of methoxy groups -OCH3 is 1. The van der Waals surface area contributed by atoms with Crippen molar-refractivity contribution in [3.63, 3.8) is 0 Å². The number of rotatable bonds is 9. The highest BCUT2D eigenvalue weighted by Gasteiger charge is 2.32. The first-order valence-electron chi connectivity index (χ1n) is 8.35. The molecule has 0 aliphatic carbocycles. The van der Waals surface area contributed by atoms with Crippen LogP contribution in [0, 0.1) is 0 Å². The smallest absolute Gasteiger partial charge is 0.316 e. The van der Waals surface area contributed by atoms with Gasteiger partial charge in [0.2, 0.25) is 21.1 Å². The molecule has 0 radical (unpaired) electrons. The minimum absolute atomic E-state index is 0.0514. The van der Waals surface area contributed by atoms with E-state index in [0.717, 1.165) is 33.7 Å². The van der Waals surface area contributed by atoms with Crippen LogP contribution in [0.3, 0.4) is 0 Å². The number of amides is 1. The molecule has 0 fully saturated rings. The average molecular weight is 513 g/mol. The number of carbonyl (C=O) groups is 2. The maximum atomic E-state index is 12.9. The molecule has 1 atom stereocenters. The highest BCUT2D eigenvalue weighted by atomic mass is 35.5. The van der Waals surface area contributed by atoms with Crippen molar-refractivity contribution >= 4 is 79.0 Å². The van der Waals surface area contributed by atoms with Crippen LogP contribution in [0.2, 0.25) is 10.0 Å². The zero-order chi connectivity index (χ0) is 22.5. The second kappa shape index (κ2) is 10.6. The summed E-state index contributed by atoms with van der Waals surface area (Å²) in [6.45, 7) is 1.68.